The molecule has 0 aliphatic rings. The first-order valence-electron chi connectivity index (χ1n) is 7.33. The number of ether oxygens (including phenoxy) is 1. The van der Waals surface area contributed by atoms with Crippen LogP contribution in [0.2, 0.25) is 0 Å². The molecule has 1 atom stereocenters. The zero-order valence-corrected chi connectivity index (χ0v) is 11.9. The molecule has 0 aliphatic carbocycles. The molecule has 0 aromatic heterocycles. The van der Waals surface area contributed by atoms with Crippen molar-refractivity contribution in [2.75, 3.05) is 0 Å². The predicted octanol–water partition coefficient (Wildman–Crippen LogP) is 3.22. The van der Waals surface area contributed by atoms with Gasteiger partial charge in [-0.05, 0) is 6.42 Å². The Kier molecular flexibility index (Phi) is 12.4. The third-order valence-corrected chi connectivity index (χ3v) is 3.17. The number of aldehydes is 1. The average Bonchev–Trinajstić information content (AvgIpc) is 2.42. The molecule has 0 radical (unpaired) electrons. The summed E-state index contributed by atoms with van der Waals surface area (Å²) in [5.74, 6) is -0.301. The van der Waals surface area contributed by atoms with Gasteiger partial charge in [0.25, 0.3) is 6.47 Å². The van der Waals surface area contributed by atoms with E-state index in [1.807, 2.05) is 0 Å². The van der Waals surface area contributed by atoms with Crippen molar-refractivity contribution in [3.63, 3.8) is 0 Å². The fourth-order valence-electron chi connectivity index (χ4n) is 2.00. The molecule has 0 saturated carbocycles. The van der Waals surface area contributed by atoms with E-state index in [2.05, 4.69) is 11.7 Å². The van der Waals surface area contributed by atoms with Crippen molar-refractivity contribution in [1.29, 1.82) is 0 Å². The van der Waals surface area contributed by atoms with Gasteiger partial charge in [0.15, 0.2) is 12.1 Å². The Bertz CT molecular complexity index is 251. The lowest BCUT2D eigenvalue weighted by molar-refractivity contribution is -0.147. The maximum absolute atomic E-state index is 11.5. The molecule has 0 bridgehead atoms. The number of hydrogen-bond acceptors (Lipinski definition) is 4. The van der Waals surface area contributed by atoms with Crippen molar-refractivity contribution in [3.8, 4) is 0 Å². The largest absolute Gasteiger partial charge is 0.449 e. The van der Waals surface area contributed by atoms with Gasteiger partial charge in [-0.3, -0.25) is 14.4 Å². The highest BCUT2D eigenvalue weighted by atomic mass is 16.5. The Hall–Kier alpha value is -1.19. The third-order valence-electron chi connectivity index (χ3n) is 3.17. The molecule has 0 heterocycles. The van der Waals surface area contributed by atoms with Crippen molar-refractivity contribution >= 4 is 18.5 Å². The molecule has 0 spiro atoms. The first kappa shape index (κ1) is 17.8. The second-order valence-electron chi connectivity index (χ2n) is 4.83. The molecule has 4 nitrogen and oxygen atoms in total. The maximum atomic E-state index is 11.5. The van der Waals surface area contributed by atoms with Gasteiger partial charge in [-0.2, -0.15) is 0 Å². The number of carbonyl (C=O) groups is 3. The summed E-state index contributed by atoms with van der Waals surface area (Å²) in [7, 11) is 0. The van der Waals surface area contributed by atoms with E-state index in [0.717, 1.165) is 19.3 Å². The number of carbonyl (C=O) groups excluding carboxylic acids is 3. The molecule has 0 aromatic rings. The van der Waals surface area contributed by atoms with E-state index in [4.69, 9.17) is 0 Å². The number of Topliss-reactive ketones (excluding diaryl/α,β-unsaturated/α-hetero) is 1. The molecule has 0 saturated heterocycles. The van der Waals surface area contributed by atoms with E-state index in [1.165, 1.54) is 38.5 Å². The first-order valence-corrected chi connectivity index (χ1v) is 7.33. The standard InChI is InChI=1S/C15H26O4/c1-2-3-4-5-6-7-8-9-10-11-14(18)15(12-16)19-13-17/h12-13,15H,2-11H2,1H3. The number of unbranched alkanes of at least 4 members (excludes halogenated alkanes) is 8. The summed E-state index contributed by atoms with van der Waals surface area (Å²) in [4.78, 5) is 32.0. The Morgan fingerprint density at radius 3 is 1.95 bits per heavy atom. The SMILES string of the molecule is CCCCCCCCCCCC(=O)C(C=O)OC=O. The lowest BCUT2D eigenvalue weighted by atomic mass is 10.0. The molecular formula is C15H26O4. The lowest BCUT2D eigenvalue weighted by Gasteiger charge is -2.06. The van der Waals surface area contributed by atoms with Crippen molar-refractivity contribution in [2.24, 2.45) is 0 Å². The third kappa shape index (κ3) is 10.4. The molecule has 0 rings (SSSR count). The summed E-state index contributed by atoms with van der Waals surface area (Å²) >= 11 is 0. The van der Waals surface area contributed by atoms with E-state index < -0.39 is 6.10 Å². The van der Waals surface area contributed by atoms with Gasteiger partial charge in [0.05, 0.1) is 0 Å². The fraction of sp³-hybridized carbons (Fsp3) is 0.800. The van der Waals surface area contributed by atoms with Crippen LogP contribution >= 0.6 is 0 Å². The Labute approximate surface area is 115 Å². The summed E-state index contributed by atoms with van der Waals surface area (Å²) in [5.41, 5.74) is 0. The highest BCUT2D eigenvalue weighted by molar-refractivity contribution is 5.96. The zero-order chi connectivity index (χ0) is 14.3. The van der Waals surface area contributed by atoms with Gasteiger partial charge < -0.3 is 4.74 Å². The fourth-order valence-corrected chi connectivity index (χ4v) is 2.00. The minimum absolute atomic E-state index is 0.146. The number of rotatable bonds is 14. The van der Waals surface area contributed by atoms with E-state index in [-0.39, 0.29) is 12.3 Å². The van der Waals surface area contributed by atoms with Crippen LogP contribution in [0.15, 0.2) is 0 Å². The van der Waals surface area contributed by atoms with Gasteiger partial charge in [-0.25, -0.2) is 0 Å². The summed E-state index contributed by atoms with van der Waals surface area (Å²) in [6.45, 7) is 2.35. The number of ketones is 1. The summed E-state index contributed by atoms with van der Waals surface area (Å²) in [6.07, 6.45) is 10.0. The second-order valence-corrected chi connectivity index (χ2v) is 4.83. The van der Waals surface area contributed by atoms with Crippen LogP contribution in [0.3, 0.4) is 0 Å². The highest BCUT2D eigenvalue weighted by Crippen LogP contribution is 2.11. The first-order chi connectivity index (χ1) is 9.26. The van der Waals surface area contributed by atoms with Gasteiger partial charge in [-0.15, -0.1) is 0 Å². The summed E-state index contributed by atoms with van der Waals surface area (Å²) in [5, 5.41) is 0. The highest BCUT2D eigenvalue weighted by Gasteiger charge is 2.17. The normalized spacial score (nSPS) is 11.8. The molecule has 110 valence electrons. The van der Waals surface area contributed by atoms with Crippen LogP contribution in [-0.4, -0.2) is 24.6 Å². The molecule has 0 aliphatic heterocycles. The Morgan fingerprint density at radius 2 is 1.47 bits per heavy atom. The molecule has 0 amide bonds. The van der Waals surface area contributed by atoms with E-state index in [9.17, 15) is 14.4 Å². The Balaban J connectivity index is 3.40. The molecule has 0 fully saturated rings. The topological polar surface area (TPSA) is 60.4 Å². The molecular weight excluding hydrogens is 244 g/mol. The average molecular weight is 270 g/mol. The molecule has 4 heteroatoms. The van der Waals surface area contributed by atoms with E-state index in [1.54, 1.807) is 0 Å². The van der Waals surface area contributed by atoms with Gasteiger partial charge in [0.2, 0.25) is 6.10 Å². The van der Waals surface area contributed by atoms with Crippen molar-refractivity contribution in [1.82, 2.24) is 0 Å². The van der Waals surface area contributed by atoms with Gasteiger partial charge >= 0.3 is 0 Å². The predicted molar refractivity (Wildman–Crippen MR) is 73.9 cm³/mol. The molecule has 0 N–H and O–H groups in total. The smallest absolute Gasteiger partial charge is 0.294 e. The van der Waals surface area contributed by atoms with E-state index >= 15 is 0 Å². The Morgan fingerprint density at radius 1 is 0.947 bits per heavy atom. The van der Waals surface area contributed by atoms with Gasteiger partial charge in [-0.1, -0.05) is 58.3 Å². The van der Waals surface area contributed by atoms with Crippen molar-refractivity contribution in [2.45, 2.75) is 77.2 Å². The van der Waals surface area contributed by atoms with Crippen LogP contribution in [0.5, 0.6) is 0 Å². The van der Waals surface area contributed by atoms with Crippen molar-refractivity contribution in [3.05, 3.63) is 0 Å². The van der Waals surface area contributed by atoms with E-state index in [0.29, 0.717) is 12.7 Å². The number of hydrogen-bond donors (Lipinski definition) is 0. The monoisotopic (exact) mass is 270 g/mol. The van der Waals surface area contributed by atoms with Crippen LogP contribution in [-0.2, 0) is 19.1 Å². The minimum Gasteiger partial charge on any atom is -0.449 e. The van der Waals surface area contributed by atoms with Crippen LogP contribution in [0.1, 0.15) is 71.1 Å². The van der Waals surface area contributed by atoms with Crippen molar-refractivity contribution < 1.29 is 19.1 Å². The zero-order valence-electron chi connectivity index (χ0n) is 11.9. The quantitative estimate of drug-likeness (QED) is 0.276. The minimum atomic E-state index is -1.20. The maximum Gasteiger partial charge on any atom is 0.294 e. The summed E-state index contributed by atoms with van der Waals surface area (Å²) < 4.78 is 4.39. The van der Waals surface area contributed by atoms with Crippen LogP contribution in [0.25, 0.3) is 0 Å². The molecule has 19 heavy (non-hydrogen) atoms. The van der Waals surface area contributed by atoms with Gasteiger partial charge in [0.1, 0.15) is 0 Å². The second kappa shape index (κ2) is 13.2. The van der Waals surface area contributed by atoms with Gasteiger partial charge in [0, 0.05) is 6.42 Å². The van der Waals surface area contributed by atoms with Crippen LogP contribution in [0.4, 0.5) is 0 Å². The lowest BCUT2D eigenvalue weighted by Crippen LogP contribution is -2.25. The van der Waals surface area contributed by atoms with Crippen LogP contribution < -0.4 is 0 Å². The molecule has 0 aromatic carbocycles. The molecule has 1 unspecified atom stereocenters. The van der Waals surface area contributed by atoms with Crippen LogP contribution in [0, 0.1) is 0 Å². The summed E-state index contributed by atoms with van der Waals surface area (Å²) in [6, 6.07) is 0.